The summed E-state index contributed by atoms with van der Waals surface area (Å²) in [5, 5.41) is 0.230. The summed E-state index contributed by atoms with van der Waals surface area (Å²) >= 11 is 12.9. The van der Waals surface area contributed by atoms with Crippen molar-refractivity contribution in [2.75, 3.05) is 0 Å². The fourth-order valence-electron chi connectivity index (χ4n) is 8.97. The summed E-state index contributed by atoms with van der Waals surface area (Å²) in [7, 11) is -1.82. The van der Waals surface area contributed by atoms with E-state index in [2.05, 4.69) is 61.6 Å². The van der Waals surface area contributed by atoms with Gasteiger partial charge in [-0.3, -0.25) is 0 Å². The van der Waals surface area contributed by atoms with E-state index in [0.717, 1.165) is 12.8 Å². The average Bonchev–Trinajstić information content (AvgIpc) is 3.23. The van der Waals surface area contributed by atoms with Crippen LogP contribution in [-0.4, -0.2) is 32.4 Å². The normalized spacial score (nSPS) is 47.1. The van der Waals surface area contributed by atoms with Gasteiger partial charge in [-0.2, -0.15) is 0 Å². The molecule has 9 atom stereocenters. The number of rotatable bonds is 2. The van der Waals surface area contributed by atoms with Crippen molar-refractivity contribution in [2.45, 2.75) is 136 Å². The third kappa shape index (κ3) is 4.14. The van der Waals surface area contributed by atoms with Gasteiger partial charge in [-0.1, -0.05) is 57.8 Å². The topological polar surface area (TPSA) is 27.7 Å². The van der Waals surface area contributed by atoms with Gasteiger partial charge in [0.2, 0.25) is 0 Å². The molecule has 0 amide bonds. The fourth-order valence-corrected chi connectivity index (χ4v) is 11.0. The summed E-state index contributed by atoms with van der Waals surface area (Å²) in [5.41, 5.74) is 1.64. The Kier molecular flexibility index (Phi) is 6.52. The van der Waals surface area contributed by atoms with Crippen LogP contribution in [0.5, 0.6) is 0 Å². The summed E-state index contributed by atoms with van der Waals surface area (Å²) in [6.07, 6.45) is 8.75. The molecule has 5 aliphatic rings. The molecule has 4 aliphatic carbocycles. The van der Waals surface area contributed by atoms with Crippen molar-refractivity contribution in [3.63, 3.8) is 0 Å². The van der Waals surface area contributed by atoms with E-state index in [4.69, 9.17) is 37.1 Å². The molecule has 6 heteroatoms. The van der Waals surface area contributed by atoms with Crippen LogP contribution in [0.1, 0.15) is 93.4 Å². The summed E-state index contributed by atoms with van der Waals surface area (Å²) < 4.78 is 21.1. The lowest BCUT2D eigenvalue weighted by Crippen LogP contribution is -2.63. The van der Waals surface area contributed by atoms with Crippen LogP contribution in [-0.2, 0) is 13.9 Å². The number of hydrogen-bond donors (Lipinski definition) is 0. The summed E-state index contributed by atoms with van der Waals surface area (Å²) in [6, 6.07) is 0. The Morgan fingerprint density at radius 2 is 1.57 bits per heavy atom. The molecule has 1 saturated heterocycles. The molecule has 5 fully saturated rings. The maximum atomic E-state index is 7.01. The third-order valence-electron chi connectivity index (χ3n) is 11.8. The number of ether oxygens (including phenoxy) is 2. The summed E-state index contributed by atoms with van der Waals surface area (Å²) in [4.78, 5) is 0. The van der Waals surface area contributed by atoms with Gasteiger partial charge in [-0.15, -0.1) is 0 Å². The lowest BCUT2D eigenvalue weighted by Gasteiger charge is -2.63. The van der Waals surface area contributed by atoms with E-state index >= 15 is 0 Å². The van der Waals surface area contributed by atoms with Crippen molar-refractivity contribution in [1.29, 1.82) is 0 Å². The van der Waals surface area contributed by atoms with E-state index in [1.165, 1.54) is 37.7 Å². The summed E-state index contributed by atoms with van der Waals surface area (Å²) in [5.74, 6) is 1.67. The molecule has 1 heterocycles. The van der Waals surface area contributed by atoms with Crippen LogP contribution in [0.4, 0.5) is 0 Å². The number of allylic oxidation sites excluding steroid dienone is 1. The monoisotopic (exact) mass is 542 g/mol. The molecular formula is C29H48Cl2O3Si. The SMILES string of the molecule is CC1(C)O[C@@H]2C3C(CC[C@]4(C)C(=C(Cl)Cl)CCC34)[C@@]3(C)CC[C@H](O[Si](C)(C)C(C)(C)C)CC3[C@H]2O1. The molecule has 5 rings (SSSR count). The molecule has 0 N–H and O–H groups in total. The van der Waals surface area contributed by atoms with Crippen LogP contribution >= 0.6 is 23.2 Å². The van der Waals surface area contributed by atoms with Gasteiger partial charge in [0.25, 0.3) is 0 Å². The molecule has 4 saturated carbocycles. The zero-order valence-corrected chi connectivity index (χ0v) is 26.0. The Hall–Kier alpha value is 0.417. The van der Waals surface area contributed by atoms with Crippen molar-refractivity contribution in [1.82, 2.24) is 0 Å². The van der Waals surface area contributed by atoms with E-state index in [9.17, 15) is 0 Å². The second-order valence-corrected chi connectivity index (χ2v) is 20.7. The minimum atomic E-state index is -1.82. The highest BCUT2D eigenvalue weighted by Crippen LogP contribution is 2.70. The lowest BCUT2D eigenvalue weighted by atomic mass is 9.43. The summed E-state index contributed by atoms with van der Waals surface area (Å²) in [6.45, 7) is 21.1. The van der Waals surface area contributed by atoms with Crippen LogP contribution in [0.3, 0.4) is 0 Å². The smallest absolute Gasteiger partial charge is 0.192 e. The molecule has 4 unspecified atom stereocenters. The molecule has 0 aromatic heterocycles. The Labute approximate surface area is 225 Å². The second-order valence-electron chi connectivity index (χ2n) is 15.0. The largest absolute Gasteiger partial charge is 0.414 e. The number of hydrogen-bond acceptors (Lipinski definition) is 3. The number of halogens is 2. The first-order chi connectivity index (χ1) is 16.0. The Balaban J connectivity index is 1.49. The molecule has 0 spiro atoms. The molecule has 0 bridgehead atoms. The minimum absolute atomic E-state index is 0.0898. The first-order valence-corrected chi connectivity index (χ1v) is 17.7. The molecule has 200 valence electrons. The first kappa shape index (κ1) is 27.0. The van der Waals surface area contributed by atoms with Crippen LogP contribution in [0.25, 0.3) is 0 Å². The van der Waals surface area contributed by atoms with Crippen molar-refractivity contribution >= 4 is 31.5 Å². The molecular weight excluding hydrogens is 495 g/mol. The standard InChI is InChI=1S/C29H48Cl2O3Si/c1-26(2,3)35(8,9)34-17-12-14-29(7)19-13-15-28(6)18(10-11-20(28)25(30)31)22(19)24-23(21(29)16-17)32-27(4,5)33-24/h17-19,21-24H,10-16H2,1-9H3/t17-,18?,19?,21?,22?,23+,24+,28-,29+/m0/s1. The zero-order chi connectivity index (χ0) is 25.8. The minimum Gasteiger partial charge on any atom is -0.414 e. The van der Waals surface area contributed by atoms with Crippen LogP contribution in [0, 0.1) is 34.5 Å². The van der Waals surface area contributed by atoms with E-state index in [1.807, 2.05) is 0 Å². The fraction of sp³-hybridized carbons (Fsp3) is 0.931. The Morgan fingerprint density at radius 3 is 2.20 bits per heavy atom. The maximum Gasteiger partial charge on any atom is 0.192 e. The van der Waals surface area contributed by atoms with E-state index in [-0.39, 0.29) is 28.1 Å². The zero-order valence-electron chi connectivity index (χ0n) is 23.5. The van der Waals surface area contributed by atoms with Crippen molar-refractivity contribution < 1.29 is 13.9 Å². The lowest BCUT2D eigenvalue weighted by molar-refractivity contribution is -0.181. The van der Waals surface area contributed by atoms with Crippen LogP contribution in [0.15, 0.2) is 10.1 Å². The highest BCUT2D eigenvalue weighted by atomic mass is 35.5. The van der Waals surface area contributed by atoms with Gasteiger partial charge in [0, 0.05) is 6.10 Å². The van der Waals surface area contributed by atoms with Gasteiger partial charge in [0.15, 0.2) is 14.1 Å². The van der Waals surface area contributed by atoms with E-state index in [1.54, 1.807) is 0 Å². The Bertz CT molecular complexity index is 891. The second kappa shape index (κ2) is 8.46. The maximum absolute atomic E-state index is 7.01. The Morgan fingerprint density at radius 1 is 0.914 bits per heavy atom. The van der Waals surface area contributed by atoms with Gasteiger partial charge in [0.05, 0.1) is 12.2 Å². The van der Waals surface area contributed by atoms with Gasteiger partial charge >= 0.3 is 0 Å². The quantitative estimate of drug-likeness (QED) is 0.326. The van der Waals surface area contributed by atoms with Crippen molar-refractivity contribution in [3.8, 4) is 0 Å². The highest BCUT2D eigenvalue weighted by molar-refractivity contribution is 6.74. The third-order valence-corrected chi connectivity index (χ3v) is 16.8. The van der Waals surface area contributed by atoms with Gasteiger partial charge < -0.3 is 13.9 Å². The van der Waals surface area contributed by atoms with Crippen LogP contribution < -0.4 is 0 Å². The predicted octanol–water partition coefficient (Wildman–Crippen LogP) is 8.85. The van der Waals surface area contributed by atoms with Gasteiger partial charge in [-0.25, -0.2) is 0 Å². The van der Waals surface area contributed by atoms with Crippen molar-refractivity contribution in [2.24, 2.45) is 34.5 Å². The average molecular weight is 544 g/mol. The van der Waals surface area contributed by atoms with Gasteiger partial charge in [-0.05, 0) is 117 Å². The van der Waals surface area contributed by atoms with E-state index < -0.39 is 14.1 Å². The van der Waals surface area contributed by atoms with E-state index in [0.29, 0.717) is 34.3 Å². The highest BCUT2D eigenvalue weighted by Gasteiger charge is 2.68. The predicted molar refractivity (Wildman–Crippen MR) is 147 cm³/mol. The molecule has 1 aliphatic heterocycles. The molecule has 3 nitrogen and oxygen atoms in total. The molecule has 35 heavy (non-hydrogen) atoms. The molecule has 0 aromatic carbocycles. The first-order valence-electron chi connectivity index (χ1n) is 14.1. The molecule has 0 radical (unpaired) electrons. The number of fused-ring (bicyclic) bond motifs is 8. The van der Waals surface area contributed by atoms with Crippen molar-refractivity contribution in [3.05, 3.63) is 10.1 Å². The molecule has 0 aromatic rings. The van der Waals surface area contributed by atoms with Crippen LogP contribution in [0.2, 0.25) is 18.1 Å². The van der Waals surface area contributed by atoms with Gasteiger partial charge in [0.1, 0.15) is 4.49 Å².